The van der Waals surface area contributed by atoms with Crippen molar-refractivity contribution < 1.29 is 8.78 Å². The SMILES string of the molecule is C=CC1(Br)CC1(F)F. The lowest BCUT2D eigenvalue weighted by molar-refractivity contribution is 0.114. The maximum atomic E-state index is 12.1. The average Bonchev–Trinajstić information content (AvgIpc) is 2.10. The fourth-order valence-corrected chi connectivity index (χ4v) is 0.853. The predicted molar refractivity (Wildman–Crippen MR) is 31.4 cm³/mol. The van der Waals surface area contributed by atoms with E-state index in [-0.39, 0.29) is 6.42 Å². The van der Waals surface area contributed by atoms with Gasteiger partial charge >= 0.3 is 0 Å². The molecule has 0 aliphatic heterocycles. The molecule has 1 aliphatic rings. The van der Waals surface area contributed by atoms with E-state index in [1.807, 2.05) is 0 Å². The van der Waals surface area contributed by atoms with Crippen LogP contribution in [0.5, 0.6) is 0 Å². The minimum Gasteiger partial charge on any atom is -0.205 e. The van der Waals surface area contributed by atoms with Crippen molar-refractivity contribution >= 4 is 15.9 Å². The molecule has 0 saturated heterocycles. The highest BCUT2D eigenvalue weighted by molar-refractivity contribution is 9.10. The first-order chi connectivity index (χ1) is 3.52. The molecule has 8 heavy (non-hydrogen) atoms. The summed E-state index contributed by atoms with van der Waals surface area (Å²) < 4.78 is 23.1. The summed E-state index contributed by atoms with van der Waals surface area (Å²) in [6.45, 7) is 3.26. The number of hydrogen-bond donors (Lipinski definition) is 0. The van der Waals surface area contributed by atoms with Gasteiger partial charge in [0.2, 0.25) is 0 Å². The van der Waals surface area contributed by atoms with Crippen LogP contribution in [0, 0.1) is 0 Å². The molecule has 1 unspecified atom stereocenters. The predicted octanol–water partition coefficient (Wildman–Crippen LogP) is 2.35. The van der Waals surface area contributed by atoms with Gasteiger partial charge in [0.1, 0.15) is 4.32 Å². The molecule has 1 fully saturated rings. The van der Waals surface area contributed by atoms with E-state index in [1.165, 1.54) is 6.08 Å². The summed E-state index contributed by atoms with van der Waals surface area (Å²) in [5, 5.41) is 0. The van der Waals surface area contributed by atoms with Crippen molar-refractivity contribution in [1.82, 2.24) is 0 Å². The minimum absolute atomic E-state index is 0.108. The average molecular weight is 183 g/mol. The van der Waals surface area contributed by atoms with Gasteiger partial charge in [-0.2, -0.15) is 0 Å². The van der Waals surface area contributed by atoms with Gasteiger partial charge < -0.3 is 0 Å². The summed E-state index contributed by atoms with van der Waals surface area (Å²) >= 11 is 2.84. The van der Waals surface area contributed by atoms with Crippen LogP contribution in [-0.4, -0.2) is 10.2 Å². The zero-order valence-electron chi connectivity index (χ0n) is 4.13. The molecule has 1 atom stereocenters. The van der Waals surface area contributed by atoms with Crippen molar-refractivity contribution in [2.24, 2.45) is 0 Å². The molecule has 46 valence electrons. The van der Waals surface area contributed by atoms with Crippen LogP contribution in [0.1, 0.15) is 6.42 Å². The van der Waals surface area contributed by atoms with Gasteiger partial charge in [-0.25, -0.2) is 8.78 Å². The topological polar surface area (TPSA) is 0 Å². The normalized spacial score (nSPS) is 41.4. The molecule has 0 aromatic carbocycles. The summed E-state index contributed by atoms with van der Waals surface area (Å²) in [6, 6.07) is 0. The van der Waals surface area contributed by atoms with Crippen molar-refractivity contribution in [1.29, 1.82) is 0 Å². The first-order valence-electron chi connectivity index (χ1n) is 2.22. The third kappa shape index (κ3) is 0.607. The number of rotatable bonds is 1. The molecule has 0 heterocycles. The van der Waals surface area contributed by atoms with Gasteiger partial charge in [0, 0.05) is 6.42 Å². The molecule has 0 spiro atoms. The third-order valence-corrected chi connectivity index (χ3v) is 2.47. The Labute approximate surface area is 54.7 Å². The number of halogens is 3. The molecule has 0 N–H and O–H groups in total. The summed E-state index contributed by atoms with van der Waals surface area (Å²) in [7, 11) is 0. The van der Waals surface area contributed by atoms with E-state index in [2.05, 4.69) is 22.5 Å². The zero-order chi connectivity index (χ0) is 6.41. The molecule has 0 amide bonds. The van der Waals surface area contributed by atoms with Gasteiger partial charge in [-0.3, -0.25) is 0 Å². The molecule has 0 aromatic heterocycles. The smallest absolute Gasteiger partial charge is 0.205 e. The standard InChI is InChI=1S/C5H5BrF2/c1-2-4(6)3-5(4,7)8/h2H,1,3H2. The Morgan fingerprint density at radius 1 is 1.62 bits per heavy atom. The monoisotopic (exact) mass is 182 g/mol. The van der Waals surface area contributed by atoms with E-state index < -0.39 is 10.2 Å². The van der Waals surface area contributed by atoms with Gasteiger partial charge in [0.25, 0.3) is 5.92 Å². The molecule has 0 nitrogen and oxygen atoms in total. The molecular weight excluding hydrogens is 178 g/mol. The van der Waals surface area contributed by atoms with E-state index in [9.17, 15) is 8.78 Å². The lowest BCUT2D eigenvalue weighted by atomic mass is 10.4. The van der Waals surface area contributed by atoms with Crippen molar-refractivity contribution in [2.75, 3.05) is 0 Å². The summed E-state index contributed by atoms with van der Waals surface area (Å²) in [5.41, 5.74) is 0. The van der Waals surface area contributed by atoms with Crippen LogP contribution in [0.25, 0.3) is 0 Å². The van der Waals surface area contributed by atoms with Gasteiger partial charge in [-0.1, -0.05) is 22.0 Å². The molecule has 0 aromatic rings. The van der Waals surface area contributed by atoms with Crippen molar-refractivity contribution in [3.8, 4) is 0 Å². The quantitative estimate of drug-likeness (QED) is 0.432. The Kier molecular flexibility index (Phi) is 1.02. The Morgan fingerprint density at radius 2 is 2.00 bits per heavy atom. The van der Waals surface area contributed by atoms with Crippen LogP contribution >= 0.6 is 15.9 Å². The fraction of sp³-hybridized carbons (Fsp3) is 0.600. The molecule has 1 saturated carbocycles. The molecule has 1 aliphatic carbocycles. The van der Waals surface area contributed by atoms with Crippen molar-refractivity contribution in [2.45, 2.75) is 16.7 Å². The first-order valence-corrected chi connectivity index (χ1v) is 3.01. The van der Waals surface area contributed by atoms with Crippen LogP contribution in [0.15, 0.2) is 12.7 Å². The fourth-order valence-electron chi connectivity index (χ4n) is 0.500. The molecule has 3 heteroatoms. The second-order valence-electron chi connectivity index (χ2n) is 1.95. The minimum atomic E-state index is -2.55. The van der Waals surface area contributed by atoms with Crippen molar-refractivity contribution in [3.05, 3.63) is 12.7 Å². The highest BCUT2D eigenvalue weighted by Gasteiger charge is 2.68. The van der Waals surface area contributed by atoms with Crippen LogP contribution in [-0.2, 0) is 0 Å². The summed E-state index contributed by atoms with van der Waals surface area (Å²) in [5.74, 6) is -2.55. The van der Waals surface area contributed by atoms with Gasteiger partial charge in [-0.15, -0.1) is 6.58 Å². The lowest BCUT2D eigenvalue weighted by Crippen LogP contribution is -2.04. The van der Waals surface area contributed by atoms with E-state index in [0.29, 0.717) is 0 Å². The first kappa shape index (κ1) is 6.20. The van der Waals surface area contributed by atoms with E-state index >= 15 is 0 Å². The Hall–Kier alpha value is 0.0800. The van der Waals surface area contributed by atoms with Gasteiger partial charge in [-0.05, 0) is 0 Å². The largest absolute Gasteiger partial charge is 0.268 e. The van der Waals surface area contributed by atoms with Gasteiger partial charge in [0.15, 0.2) is 0 Å². The summed E-state index contributed by atoms with van der Waals surface area (Å²) in [6.07, 6.45) is 1.14. The Balaban J connectivity index is 2.68. The molecular formula is C5H5BrF2. The maximum Gasteiger partial charge on any atom is 0.268 e. The van der Waals surface area contributed by atoms with Gasteiger partial charge in [0.05, 0.1) is 0 Å². The molecule has 0 radical (unpaired) electrons. The van der Waals surface area contributed by atoms with Crippen LogP contribution in [0.2, 0.25) is 0 Å². The van der Waals surface area contributed by atoms with E-state index in [4.69, 9.17) is 0 Å². The Bertz CT molecular complexity index is 132. The van der Waals surface area contributed by atoms with Crippen LogP contribution in [0.3, 0.4) is 0 Å². The molecule has 0 bridgehead atoms. The number of hydrogen-bond acceptors (Lipinski definition) is 0. The zero-order valence-corrected chi connectivity index (χ0v) is 5.71. The highest BCUT2D eigenvalue weighted by Crippen LogP contribution is 2.59. The third-order valence-electron chi connectivity index (χ3n) is 1.29. The number of allylic oxidation sites excluding steroid dienone is 1. The van der Waals surface area contributed by atoms with Crippen LogP contribution in [0.4, 0.5) is 8.78 Å². The van der Waals surface area contributed by atoms with Crippen LogP contribution < -0.4 is 0 Å². The lowest BCUT2D eigenvalue weighted by Gasteiger charge is -1.96. The second-order valence-corrected chi connectivity index (χ2v) is 3.36. The van der Waals surface area contributed by atoms with Crippen molar-refractivity contribution in [3.63, 3.8) is 0 Å². The summed E-state index contributed by atoms with van der Waals surface area (Å²) in [4.78, 5) is 0. The molecule has 1 rings (SSSR count). The number of alkyl halides is 3. The van der Waals surface area contributed by atoms with E-state index in [0.717, 1.165) is 0 Å². The maximum absolute atomic E-state index is 12.1. The second kappa shape index (κ2) is 1.32. The highest BCUT2D eigenvalue weighted by atomic mass is 79.9. The Morgan fingerprint density at radius 3 is 2.00 bits per heavy atom. The van der Waals surface area contributed by atoms with E-state index in [1.54, 1.807) is 0 Å².